The first-order valence-corrected chi connectivity index (χ1v) is 12.1. The fraction of sp³-hybridized carbons (Fsp3) is 0.435. The van der Waals surface area contributed by atoms with E-state index in [2.05, 4.69) is 5.32 Å². The van der Waals surface area contributed by atoms with Gasteiger partial charge in [-0.2, -0.15) is 0 Å². The maximum atomic E-state index is 12.5. The molecule has 0 unspecified atom stereocenters. The summed E-state index contributed by atoms with van der Waals surface area (Å²) in [5.74, 6) is 0.466. The number of benzene rings is 2. The van der Waals surface area contributed by atoms with Crippen molar-refractivity contribution >= 4 is 21.6 Å². The fourth-order valence-corrected chi connectivity index (χ4v) is 4.73. The molecule has 0 radical (unpaired) electrons. The van der Waals surface area contributed by atoms with E-state index in [0.29, 0.717) is 23.7 Å². The van der Waals surface area contributed by atoms with E-state index in [4.69, 9.17) is 0 Å². The second kappa shape index (κ2) is 9.44. The summed E-state index contributed by atoms with van der Waals surface area (Å²) in [7, 11) is -3.46. The van der Waals surface area contributed by atoms with Crippen molar-refractivity contribution in [3.63, 3.8) is 0 Å². The van der Waals surface area contributed by atoms with Gasteiger partial charge in [0.25, 0.3) is 5.91 Å². The van der Waals surface area contributed by atoms with Gasteiger partial charge in [0.15, 0.2) is 0 Å². The van der Waals surface area contributed by atoms with Crippen LogP contribution in [0.1, 0.15) is 53.6 Å². The van der Waals surface area contributed by atoms with Gasteiger partial charge in [0, 0.05) is 12.1 Å². The van der Waals surface area contributed by atoms with Crippen molar-refractivity contribution in [3.05, 3.63) is 65.2 Å². The van der Waals surface area contributed by atoms with Gasteiger partial charge in [-0.1, -0.05) is 43.5 Å². The van der Waals surface area contributed by atoms with Crippen molar-refractivity contribution in [2.45, 2.75) is 45.6 Å². The third-order valence-electron chi connectivity index (χ3n) is 5.67. The summed E-state index contributed by atoms with van der Waals surface area (Å²) in [6.07, 6.45) is 7.36. The van der Waals surface area contributed by atoms with Gasteiger partial charge in [-0.15, -0.1) is 0 Å². The molecule has 0 heterocycles. The molecule has 156 valence electrons. The molecular weight excluding hydrogens is 384 g/mol. The number of sulfonamides is 1. The largest absolute Gasteiger partial charge is 0.352 e. The summed E-state index contributed by atoms with van der Waals surface area (Å²) in [5, 5.41) is 3.02. The van der Waals surface area contributed by atoms with Gasteiger partial charge in [-0.25, -0.2) is 8.42 Å². The lowest BCUT2D eigenvalue weighted by atomic mass is 9.89. The molecule has 0 aliphatic heterocycles. The lowest BCUT2D eigenvalue weighted by Gasteiger charge is -2.24. The number of rotatable bonds is 7. The van der Waals surface area contributed by atoms with Crippen LogP contribution >= 0.6 is 0 Å². The Morgan fingerprint density at radius 2 is 1.69 bits per heavy atom. The van der Waals surface area contributed by atoms with Crippen molar-refractivity contribution in [2.24, 2.45) is 5.92 Å². The Bertz CT molecular complexity index is 933. The third-order valence-corrected chi connectivity index (χ3v) is 6.81. The molecule has 1 aliphatic rings. The molecular formula is C23H30N2O3S. The average Bonchev–Trinajstić information content (AvgIpc) is 2.71. The van der Waals surface area contributed by atoms with Crippen molar-refractivity contribution in [1.29, 1.82) is 0 Å². The lowest BCUT2D eigenvalue weighted by Crippen LogP contribution is -2.31. The predicted molar refractivity (Wildman–Crippen MR) is 118 cm³/mol. The maximum absolute atomic E-state index is 12.5. The van der Waals surface area contributed by atoms with E-state index < -0.39 is 10.0 Å². The Balaban J connectivity index is 1.70. The molecule has 2 aromatic rings. The number of carbonyl (C=O) groups is 1. The Morgan fingerprint density at radius 3 is 2.31 bits per heavy atom. The van der Waals surface area contributed by atoms with Gasteiger partial charge < -0.3 is 5.32 Å². The predicted octanol–water partition coefficient (Wildman–Crippen LogP) is 4.27. The highest BCUT2D eigenvalue weighted by molar-refractivity contribution is 7.92. The molecule has 1 aliphatic carbocycles. The Labute approximate surface area is 174 Å². The number of aryl methyl sites for hydroxylation is 1. The summed E-state index contributed by atoms with van der Waals surface area (Å²) in [5.41, 5.74) is 3.10. The number of hydrogen-bond donors (Lipinski definition) is 1. The number of amides is 1. The van der Waals surface area contributed by atoms with Gasteiger partial charge in [0.1, 0.15) is 0 Å². The molecule has 3 rings (SSSR count). The van der Waals surface area contributed by atoms with Crippen LogP contribution in [0.5, 0.6) is 0 Å². The number of hydrogen-bond acceptors (Lipinski definition) is 3. The van der Waals surface area contributed by atoms with Crippen molar-refractivity contribution < 1.29 is 13.2 Å². The van der Waals surface area contributed by atoms with E-state index in [1.807, 2.05) is 31.2 Å². The molecule has 1 saturated carbocycles. The maximum Gasteiger partial charge on any atom is 0.251 e. The van der Waals surface area contributed by atoms with Crippen LogP contribution in [-0.4, -0.2) is 27.1 Å². The lowest BCUT2D eigenvalue weighted by molar-refractivity contribution is 0.0943. The van der Waals surface area contributed by atoms with E-state index in [9.17, 15) is 13.2 Å². The minimum atomic E-state index is -3.46. The molecule has 5 nitrogen and oxygen atoms in total. The van der Waals surface area contributed by atoms with Gasteiger partial charge in [-0.3, -0.25) is 9.10 Å². The van der Waals surface area contributed by atoms with Crippen LogP contribution < -0.4 is 9.62 Å². The van der Waals surface area contributed by atoms with Crippen LogP contribution in [0.15, 0.2) is 48.5 Å². The Hall–Kier alpha value is -2.34. The zero-order valence-corrected chi connectivity index (χ0v) is 18.0. The summed E-state index contributed by atoms with van der Waals surface area (Å²) in [6, 6.07) is 14.5. The highest BCUT2D eigenvalue weighted by Crippen LogP contribution is 2.24. The van der Waals surface area contributed by atoms with Gasteiger partial charge >= 0.3 is 0 Å². The number of anilines is 1. The van der Waals surface area contributed by atoms with Crippen LogP contribution in [0.25, 0.3) is 0 Å². The molecule has 2 aromatic carbocycles. The van der Waals surface area contributed by atoms with Crippen molar-refractivity contribution in [1.82, 2.24) is 5.32 Å². The quantitative estimate of drug-likeness (QED) is 0.736. The van der Waals surface area contributed by atoms with Crippen LogP contribution in [0.4, 0.5) is 5.69 Å². The summed E-state index contributed by atoms with van der Waals surface area (Å²) in [4.78, 5) is 12.5. The fourth-order valence-electron chi connectivity index (χ4n) is 3.85. The molecule has 0 bridgehead atoms. The van der Waals surface area contributed by atoms with E-state index in [1.54, 1.807) is 24.3 Å². The Morgan fingerprint density at radius 1 is 1.03 bits per heavy atom. The molecule has 0 spiro atoms. The second-order valence-corrected chi connectivity index (χ2v) is 9.86. The van der Waals surface area contributed by atoms with E-state index >= 15 is 0 Å². The zero-order valence-electron chi connectivity index (χ0n) is 17.2. The molecule has 0 atom stereocenters. The van der Waals surface area contributed by atoms with Crippen LogP contribution in [0.3, 0.4) is 0 Å². The van der Waals surface area contributed by atoms with Crippen LogP contribution in [0.2, 0.25) is 0 Å². The van der Waals surface area contributed by atoms with Gasteiger partial charge in [-0.05, 0) is 61.1 Å². The topological polar surface area (TPSA) is 66.5 Å². The molecule has 1 N–H and O–H groups in total. The first kappa shape index (κ1) is 21.4. The molecule has 0 saturated heterocycles. The standard InChI is InChI=1S/C23H30N2O3S/c1-18-8-6-7-11-21(18)17-25(29(2,27)28)22-14-12-20(13-15-22)23(26)24-16-19-9-4-3-5-10-19/h6-8,11-15,19H,3-5,9-10,16-17H2,1-2H3,(H,24,26). The van der Waals surface area contributed by atoms with Gasteiger partial charge in [0.05, 0.1) is 18.5 Å². The first-order valence-electron chi connectivity index (χ1n) is 10.2. The van der Waals surface area contributed by atoms with Crippen molar-refractivity contribution in [2.75, 3.05) is 17.1 Å². The smallest absolute Gasteiger partial charge is 0.251 e. The molecule has 29 heavy (non-hydrogen) atoms. The normalized spacial score (nSPS) is 15.1. The molecule has 1 amide bonds. The Kier molecular flexibility index (Phi) is 6.96. The minimum absolute atomic E-state index is 0.105. The number of nitrogens with zero attached hydrogens (tertiary/aromatic N) is 1. The highest BCUT2D eigenvalue weighted by atomic mass is 32.2. The molecule has 0 aromatic heterocycles. The summed E-state index contributed by atoms with van der Waals surface area (Å²) in [6.45, 7) is 2.94. The average molecular weight is 415 g/mol. The van der Waals surface area contributed by atoms with E-state index in [0.717, 1.165) is 11.1 Å². The third kappa shape index (κ3) is 5.82. The summed E-state index contributed by atoms with van der Waals surface area (Å²) >= 11 is 0. The second-order valence-electron chi connectivity index (χ2n) is 7.96. The highest BCUT2D eigenvalue weighted by Gasteiger charge is 2.20. The minimum Gasteiger partial charge on any atom is -0.352 e. The first-order chi connectivity index (χ1) is 13.8. The summed E-state index contributed by atoms with van der Waals surface area (Å²) < 4.78 is 26.2. The SMILES string of the molecule is Cc1ccccc1CN(c1ccc(C(=O)NCC2CCCCC2)cc1)S(C)(=O)=O. The zero-order chi connectivity index (χ0) is 20.9. The van der Waals surface area contributed by atoms with E-state index in [-0.39, 0.29) is 12.5 Å². The van der Waals surface area contributed by atoms with Crippen LogP contribution in [-0.2, 0) is 16.6 Å². The van der Waals surface area contributed by atoms with Crippen molar-refractivity contribution in [3.8, 4) is 0 Å². The van der Waals surface area contributed by atoms with E-state index in [1.165, 1.54) is 42.7 Å². The van der Waals surface area contributed by atoms with Gasteiger partial charge in [0.2, 0.25) is 10.0 Å². The monoisotopic (exact) mass is 414 g/mol. The number of nitrogens with one attached hydrogen (secondary N) is 1. The molecule has 1 fully saturated rings. The molecule has 6 heteroatoms. The van der Waals surface area contributed by atoms with Crippen LogP contribution in [0, 0.1) is 12.8 Å². The number of carbonyl (C=O) groups excluding carboxylic acids is 1.